The van der Waals surface area contributed by atoms with Crippen LogP contribution in [0.3, 0.4) is 0 Å². The van der Waals surface area contributed by atoms with E-state index < -0.39 is 0 Å². The average Bonchev–Trinajstić information content (AvgIpc) is 2.91. The van der Waals surface area contributed by atoms with Crippen LogP contribution in [0.15, 0.2) is 21.7 Å². The van der Waals surface area contributed by atoms with E-state index in [9.17, 15) is 4.79 Å². The lowest BCUT2D eigenvalue weighted by Gasteiger charge is -2.16. The highest BCUT2D eigenvalue weighted by Crippen LogP contribution is 2.07. The van der Waals surface area contributed by atoms with Gasteiger partial charge in [-0.1, -0.05) is 6.92 Å². The summed E-state index contributed by atoms with van der Waals surface area (Å²) in [7, 11) is 1.75. The van der Waals surface area contributed by atoms with Gasteiger partial charge in [-0.2, -0.15) is 0 Å². The molecule has 1 rings (SSSR count). The third-order valence-electron chi connectivity index (χ3n) is 3.22. The van der Waals surface area contributed by atoms with E-state index in [-0.39, 0.29) is 5.91 Å². The van der Waals surface area contributed by atoms with Gasteiger partial charge in [0, 0.05) is 31.7 Å². The summed E-state index contributed by atoms with van der Waals surface area (Å²) >= 11 is 0. The van der Waals surface area contributed by atoms with Crippen LogP contribution in [0.4, 0.5) is 0 Å². The molecule has 1 amide bonds. The van der Waals surface area contributed by atoms with E-state index in [4.69, 9.17) is 4.42 Å². The smallest absolute Gasteiger partial charge is 0.287 e. The van der Waals surface area contributed by atoms with Crippen molar-refractivity contribution in [2.24, 2.45) is 4.99 Å². The summed E-state index contributed by atoms with van der Waals surface area (Å²) in [5, 5.41) is 9.34. The van der Waals surface area contributed by atoms with Gasteiger partial charge in [-0.05, 0) is 32.8 Å². The summed E-state index contributed by atoms with van der Waals surface area (Å²) in [5.74, 6) is 1.01. The number of carbonyl (C=O) groups excluding carboxylic acids is 1. The summed E-state index contributed by atoms with van der Waals surface area (Å²) in [6.07, 6.45) is 3.38. The highest BCUT2D eigenvalue weighted by atomic mass is 16.3. The molecular formula is C15H26N4O2. The van der Waals surface area contributed by atoms with E-state index in [1.807, 2.05) is 6.92 Å². The van der Waals surface area contributed by atoms with Gasteiger partial charge in [-0.15, -0.1) is 0 Å². The normalized spacial score (nSPS) is 12.9. The maximum Gasteiger partial charge on any atom is 0.287 e. The monoisotopic (exact) mass is 294 g/mol. The van der Waals surface area contributed by atoms with Gasteiger partial charge in [0.15, 0.2) is 11.7 Å². The molecule has 0 aliphatic rings. The Kier molecular flexibility index (Phi) is 7.36. The number of hydrogen-bond donors (Lipinski definition) is 3. The highest BCUT2D eigenvalue weighted by molar-refractivity contribution is 5.92. The number of rotatable bonds is 7. The first-order valence-electron chi connectivity index (χ1n) is 7.38. The van der Waals surface area contributed by atoms with Crippen LogP contribution < -0.4 is 16.0 Å². The molecule has 3 N–H and O–H groups in total. The molecule has 1 aromatic heterocycles. The zero-order valence-corrected chi connectivity index (χ0v) is 13.3. The third kappa shape index (κ3) is 5.89. The zero-order chi connectivity index (χ0) is 15.7. The summed E-state index contributed by atoms with van der Waals surface area (Å²) in [4.78, 5) is 16.0. The minimum absolute atomic E-state index is 0.167. The van der Waals surface area contributed by atoms with Crippen LogP contribution in [-0.4, -0.2) is 38.0 Å². The second-order valence-corrected chi connectivity index (χ2v) is 4.99. The van der Waals surface area contributed by atoms with Crippen molar-refractivity contribution < 1.29 is 9.21 Å². The van der Waals surface area contributed by atoms with E-state index in [2.05, 4.69) is 34.8 Å². The largest absolute Gasteiger partial charge is 0.459 e. The standard InChI is InChI=1S/C15H26N4O2/c1-5-12(3)19-15(16-4)18-9-6-8-17-14(20)13-11(2)7-10-21-13/h7,10,12H,5-6,8-9H2,1-4H3,(H,17,20)(H2,16,18,19). The number of furan rings is 1. The van der Waals surface area contributed by atoms with E-state index in [1.54, 1.807) is 13.1 Å². The number of amides is 1. The number of nitrogens with zero attached hydrogens (tertiary/aromatic N) is 1. The van der Waals surface area contributed by atoms with Crippen LogP contribution in [0.25, 0.3) is 0 Å². The van der Waals surface area contributed by atoms with Gasteiger partial charge in [-0.25, -0.2) is 0 Å². The zero-order valence-electron chi connectivity index (χ0n) is 13.3. The van der Waals surface area contributed by atoms with Crippen molar-refractivity contribution in [3.63, 3.8) is 0 Å². The quantitative estimate of drug-likeness (QED) is 0.406. The molecule has 1 atom stereocenters. The van der Waals surface area contributed by atoms with Gasteiger partial charge in [0.25, 0.3) is 5.91 Å². The fourth-order valence-corrected chi connectivity index (χ4v) is 1.71. The molecule has 0 bridgehead atoms. The molecule has 1 unspecified atom stereocenters. The van der Waals surface area contributed by atoms with Crippen LogP contribution in [0.1, 0.15) is 42.8 Å². The molecular weight excluding hydrogens is 268 g/mol. The number of hydrogen-bond acceptors (Lipinski definition) is 3. The second-order valence-electron chi connectivity index (χ2n) is 4.99. The molecule has 0 radical (unpaired) electrons. The topological polar surface area (TPSA) is 78.7 Å². The molecule has 0 fully saturated rings. The summed E-state index contributed by atoms with van der Waals surface area (Å²) < 4.78 is 5.14. The average molecular weight is 294 g/mol. The number of aryl methyl sites for hydroxylation is 1. The van der Waals surface area contributed by atoms with Crippen LogP contribution >= 0.6 is 0 Å². The van der Waals surface area contributed by atoms with E-state index in [0.29, 0.717) is 18.3 Å². The molecule has 0 saturated carbocycles. The van der Waals surface area contributed by atoms with Crippen molar-refractivity contribution in [2.75, 3.05) is 20.1 Å². The lowest BCUT2D eigenvalue weighted by atomic mass is 10.2. The second kappa shape index (κ2) is 9.05. The van der Waals surface area contributed by atoms with Crippen molar-refractivity contribution in [1.82, 2.24) is 16.0 Å². The Bertz CT molecular complexity index is 468. The first-order chi connectivity index (χ1) is 10.1. The van der Waals surface area contributed by atoms with Gasteiger partial charge in [0.1, 0.15) is 0 Å². The molecule has 0 aliphatic heterocycles. The third-order valence-corrected chi connectivity index (χ3v) is 3.22. The fourth-order valence-electron chi connectivity index (χ4n) is 1.71. The van der Waals surface area contributed by atoms with E-state index >= 15 is 0 Å². The molecule has 0 saturated heterocycles. The van der Waals surface area contributed by atoms with Gasteiger partial charge < -0.3 is 20.4 Å². The molecule has 118 valence electrons. The SMILES string of the molecule is CCC(C)NC(=NC)NCCCNC(=O)c1occc1C. The van der Waals surface area contributed by atoms with E-state index in [1.165, 1.54) is 6.26 Å². The van der Waals surface area contributed by atoms with Crippen molar-refractivity contribution in [2.45, 2.75) is 39.7 Å². The molecule has 0 aromatic carbocycles. The Balaban J connectivity index is 2.19. The maximum atomic E-state index is 11.8. The predicted octanol–water partition coefficient (Wildman–Crippen LogP) is 1.67. The maximum absolute atomic E-state index is 11.8. The van der Waals surface area contributed by atoms with Crippen molar-refractivity contribution in [1.29, 1.82) is 0 Å². The minimum Gasteiger partial charge on any atom is -0.459 e. The Labute approximate surface area is 126 Å². The Morgan fingerprint density at radius 2 is 2.10 bits per heavy atom. The Morgan fingerprint density at radius 1 is 1.38 bits per heavy atom. The van der Waals surface area contributed by atoms with Crippen LogP contribution in [0.2, 0.25) is 0 Å². The van der Waals surface area contributed by atoms with Crippen LogP contribution in [0, 0.1) is 6.92 Å². The first kappa shape index (κ1) is 17.1. The Hall–Kier alpha value is -1.98. The number of nitrogens with one attached hydrogen (secondary N) is 3. The van der Waals surface area contributed by atoms with Crippen molar-refractivity contribution in [3.8, 4) is 0 Å². The first-order valence-corrected chi connectivity index (χ1v) is 7.38. The van der Waals surface area contributed by atoms with Crippen molar-refractivity contribution >= 4 is 11.9 Å². The Morgan fingerprint density at radius 3 is 2.67 bits per heavy atom. The lowest BCUT2D eigenvalue weighted by Crippen LogP contribution is -2.42. The van der Waals surface area contributed by atoms with Gasteiger partial charge in [0.2, 0.25) is 0 Å². The van der Waals surface area contributed by atoms with E-state index in [0.717, 1.165) is 30.9 Å². The minimum atomic E-state index is -0.167. The molecule has 6 nitrogen and oxygen atoms in total. The molecule has 1 aromatic rings. The summed E-state index contributed by atoms with van der Waals surface area (Å²) in [6.45, 7) is 7.42. The summed E-state index contributed by atoms with van der Waals surface area (Å²) in [5.41, 5.74) is 0.851. The van der Waals surface area contributed by atoms with Crippen LogP contribution in [-0.2, 0) is 0 Å². The molecule has 0 aliphatic carbocycles. The predicted molar refractivity (Wildman–Crippen MR) is 84.6 cm³/mol. The van der Waals surface area contributed by atoms with Gasteiger partial charge in [0.05, 0.1) is 6.26 Å². The van der Waals surface area contributed by atoms with Gasteiger partial charge >= 0.3 is 0 Å². The molecule has 0 spiro atoms. The number of carbonyl (C=O) groups is 1. The fraction of sp³-hybridized carbons (Fsp3) is 0.600. The molecule has 21 heavy (non-hydrogen) atoms. The van der Waals surface area contributed by atoms with Crippen LogP contribution in [0.5, 0.6) is 0 Å². The molecule has 6 heteroatoms. The number of aliphatic imine (C=N–C) groups is 1. The van der Waals surface area contributed by atoms with Gasteiger partial charge in [-0.3, -0.25) is 9.79 Å². The summed E-state index contributed by atoms with van der Waals surface area (Å²) in [6, 6.07) is 2.17. The highest BCUT2D eigenvalue weighted by Gasteiger charge is 2.11. The number of guanidine groups is 1. The van der Waals surface area contributed by atoms with Crippen molar-refractivity contribution in [3.05, 3.63) is 23.7 Å². The molecule has 1 heterocycles. The lowest BCUT2D eigenvalue weighted by molar-refractivity contribution is 0.0925.